The lowest BCUT2D eigenvalue weighted by molar-refractivity contribution is -0.126. The normalized spacial score (nSPS) is 11.3. The van der Waals surface area contributed by atoms with Gasteiger partial charge in [0, 0.05) is 13.1 Å². The lowest BCUT2D eigenvalue weighted by atomic mass is 10.3. The summed E-state index contributed by atoms with van der Waals surface area (Å²) in [5, 5.41) is 3.78. The largest absolute Gasteiger partial charge is 0.364 e. The van der Waals surface area contributed by atoms with Crippen LogP contribution in [0, 0.1) is 0 Å². The molecular weight excluding hydrogens is 360 g/mol. The Kier molecular flexibility index (Phi) is 5.41. The molecule has 0 atom stereocenters. The van der Waals surface area contributed by atoms with Gasteiger partial charge in [-0.1, -0.05) is 24.3 Å². The van der Waals surface area contributed by atoms with Gasteiger partial charge in [-0.05, 0) is 30.7 Å². The molecule has 0 aliphatic carbocycles. The van der Waals surface area contributed by atoms with Crippen LogP contribution in [0.15, 0.2) is 54.9 Å². The third kappa shape index (κ3) is 4.32. The van der Waals surface area contributed by atoms with E-state index in [-0.39, 0.29) is 12.5 Å². The van der Waals surface area contributed by atoms with Crippen LogP contribution in [0.25, 0.3) is 21.3 Å². The van der Waals surface area contributed by atoms with Gasteiger partial charge in [0.25, 0.3) is 0 Å². The van der Waals surface area contributed by atoms with E-state index in [2.05, 4.69) is 25.9 Å². The number of amides is 1. The van der Waals surface area contributed by atoms with Gasteiger partial charge < -0.3 is 14.6 Å². The summed E-state index contributed by atoms with van der Waals surface area (Å²) in [4.78, 5) is 20.8. The maximum Gasteiger partial charge on any atom is 0.246 e. The molecule has 0 aliphatic rings. The average molecular weight is 380 g/mol. The minimum Gasteiger partial charge on any atom is -0.364 e. The molecule has 0 spiro atoms. The number of nitrogens with one attached hydrogen (secondary N) is 1. The van der Waals surface area contributed by atoms with Crippen LogP contribution in [0.2, 0.25) is 0 Å². The van der Waals surface area contributed by atoms with Crippen molar-refractivity contribution in [2.24, 2.45) is 0 Å². The van der Waals surface area contributed by atoms with Crippen molar-refractivity contribution in [3.63, 3.8) is 0 Å². The van der Waals surface area contributed by atoms with Gasteiger partial charge in [-0.2, -0.15) is 0 Å². The second-order valence-corrected chi connectivity index (χ2v) is 7.31. The minimum absolute atomic E-state index is 0.0456. The van der Waals surface area contributed by atoms with Gasteiger partial charge >= 0.3 is 0 Å². The Bertz CT molecular complexity index is 1020. The predicted molar refractivity (Wildman–Crippen MR) is 107 cm³/mol. The molecule has 2 aromatic carbocycles. The first kappa shape index (κ1) is 17.6. The highest BCUT2D eigenvalue weighted by molar-refractivity contribution is 7.18. The number of hydrogen-bond acceptors (Lipinski definition) is 5. The standard InChI is InChI=1S/C20H20N4O2S/c25-19(12-26-13-20-23-16-7-2-4-9-18(16)27-20)21-10-5-11-24-14-22-15-6-1-3-8-17(15)24/h1-4,6-9,14H,5,10-13H2,(H,21,25). The van der Waals surface area contributed by atoms with E-state index in [9.17, 15) is 4.79 Å². The summed E-state index contributed by atoms with van der Waals surface area (Å²) < 4.78 is 8.73. The van der Waals surface area contributed by atoms with E-state index in [1.807, 2.05) is 48.8 Å². The van der Waals surface area contributed by atoms with E-state index >= 15 is 0 Å². The molecule has 0 bridgehead atoms. The highest BCUT2D eigenvalue weighted by Gasteiger charge is 2.06. The quantitative estimate of drug-likeness (QED) is 0.476. The Morgan fingerprint density at radius 3 is 2.81 bits per heavy atom. The predicted octanol–water partition coefficient (Wildman–Crippen LogP) is 3.37. The average Bonchev–Trinajstić information content (AvgIpc) is 3.29. The zero-order valence-electron chi connectivity index (χ0n) is 14.8. The minimum atomic E-state index is -0.105. The number of aromatic nitrogens is 3. The van der Waals surface area contributed by atoms with E-state index in [1.165, 1.54) is 0 Å². The summed E-state index contributed by atoms with van der Waals surface area (Å²) in [7, 11) is 0. The summed E-state index contributed by atoms with van der Waals surface area (Å²) >= 11 is 1.59. The highest BCUT2D eigenvalue weighted by atomic mass is 32.1. The number of benzene rings is 2. The van der Waals surface area contributed by atoms with Gasteiger partial charge in [-0.15, -0.1) is 11.3 Å². The summed E-state index contributed by atoms with van der Waals surface area (Å²) in [6.45, 7) is 1.82. The monoisotopic (exact) mass is 380 g/mol. The first-order valence-electron chi connectivity index (χ1n) is 8.88. The molecule has 138 valence electrons. The molecule has 7 heteroatoms. The fourth-order valence-corrected chi connectivity index (χ4v) is 3.83. The fourth-order valence-electron chi connectivity index (χ4n) is 2.93. The van der Waals surface area contributed by atoms with Crippen LogP contribution in [0.4, 0.5) is 0 Å². The van der Waals surface area contributed by atoms with Gasteiger partial charge in [-0.3, -0.25) is 4.79 Å². The third-order valence-electron chi connectivity index (χ3n) is 4.22. The summed E-state index contributed by atoms with van der Waals surface area (Å²) in [6, 6.07) is 16.0. The number of hydrogen-bond donors (Lipinski definition) is 1. The molecule has 1 N–H and O–H groups in total. The molecule has 0 saturated heterocycles. The van der Waals surface area contributed by atoms with Crippen molar-refractivity contribution in [2.45, 2.75) is 19.6 Å². The molecule has 0 fully saturated rings. The Morgan fingerprint density at radius 2 is 1.93 bits per heavy atom. The molecule has 27 heavy (non-hydrogen) atoms. The second kappa shape index (κ2) is 8.28. The third-order valence-corrected chi connectivity index (χ3v) is 5.23. The topological polar surface area (TPSA) is 69.0 Å². The second-order valence-electron chi connectivity index (χ2n) is 6.20. The summed E-state index contributed by atoms with van der Waals surface area (Å²) in [5.74, 6) is -0.105. The van der Waals surface area contributed by atoms with Gasteiger partial charge in [-0.25, -0.2) is 9.97 Å². The lowest BCUT2D eigenvalue weighted by Gasteiger charge is -2.07. The van der Waals surface area contributed by atoms with Crippen molar-refractivity contribution in [2.75, 3.05) is 13.2 Å². The van der Waals surface area contributed by atoms with Gasteiger partial charge in [0.15, 0.2) is 0 Å². The van der Waals surface area contributed by atoms with Crippen LogP contribution >= 0.6 is 11.3 Å². The van der Waals surface area contributed by atoms with Crippen LogP contribution < -0.4 is 5.32 Å². The molecule has 6 nitrogen and oxygen atoms in total. The van der Waals surface area contributed by atoms with E-state index in [0.717, 1.165) is 39.2 Å². The number of carbonyl (C=O) groups excluding carboxylic acids is 1. The molecule has 1 amide bonds. The Balaban J connectivity index is 1.16. The zero-order valence-corrected chi connectivity index (χ0v) is 15.6. The van der Waals surface area contributed by atoms with Crippen LogP contribution in [0.5, 0.6) is 0 Å². The molecule has 0 saturated carbocycles. The maximum atomic E-state index is 11.9. The van der Waals surface area contributed by atoms with Gasteiger partial charge in [0.2, 0.25) is 5.91 Å². The number of aryl methyl sites for hydroxylation is 1. The lowest BCUT2D eigenvalue weighted by Crippen LogP contribution is -2.29. The number of nitrogens with zero attached hydrogens (tertiary/aromatic N) is 3. The molecule has 4 aromatic rings. The van der Waals surface area contributed by atoms with E-state index < -0.39 is 0 Å². The van der Waals surface area contributed by atoms with Crippen molar-refractivity contribution in [3.8, 4) is 0 Å². The van der Waals surface area contributed by atoms with E-state index in [4.69, 9.17) is 4.74 Å². The number of imidazole rings is 1. The molecular formula is C20H20N4O2S. The summed E-state index contributed by atoms with van der Waals surface area (Å²) in [5.41, 5.74) is 3.07. The molecule has 0 radical (unpaired) electrons. The molecule has 0 unspecified atom stereocenters. The Labute approximate surface area is 160 Å². The summed E-state index contributed by atoms with van der Waals surface area (Å²) in [6.07, 6.45) is 2.68. The van der Waals surface area contributed by atoms with E-state index in [1.54, 1.807) is 11.3 Å². The number of fused-ring (bicyclic) bond motifs is 2. The van der Waals surface area contributed by atoms with Crippen LogP contribution in [-0.4, -0.2) is 33.6 Å². The molecule has 2 heterocycles. The van der Waals surface area contributed by atoms with Crippen molar-refractivity contribution < 1.29 is 9.53 Å². The van der Waals surface area contributed by atoms with Crippen molar-refractivity contribution >= 4 is 38.5 Å². The number of carbonyl (C=O) groups is 1. The van der Waals surface area contributed by atoms with Crippen molar-refractivity contribution in [1.29, 1.82) is 0 Å². The van der Waals surface area contributed by atoms with Gasteiger partial charge in [0.05, 0.1) is 34.2 Å². The zero-order chi connectivity index (χ0) is 18.5. The Hall–Kier alpha value is -2.77. The maximum absolute atomic E-state index is 11.9. The van der Waals surface area contributed by atoms with E-state index in [0.29, 0.717) is 13.2 Å². The van der Waals surface area contributed by atoms with Crippen LogP contribution in [0.3, 0.4) is 0 Å². The van der Waals surface area contributed by atoms with Crippen molar-refractivity contribution in [1.82, 2.24) is 19.9 Å². The Morgan fingerprint density at radius 1 is 1.11 bits per heavy atom. The molecule has 2 aromatic heterocycles. The first-order chi connectivity index (χ1) is 13.3. The van der Waals surface area contributed by atoms with Gasteiger partial charge in [0.1, 0.15) is 11.6 Å². The first-order valence-corrected chi connectivity index (χ1v) is 9.70. The molecule has 0 aliphatic heterocycles. The van der Waals surface area contributed by atoms with Crippen molar-refractivity contribution in [3.05, 3.63) is 59.9 Å². The van der Waals surface area contributed by atoms with Crippen LogP contribution in [0.1, 0.15) is 11.4 Å². The highest BCUT2D eigenvalue weighted by Crippen LogP contribution is 2.21. The van der Waals surface area contributed by atoms with Crippen LogP contribution in [-0.2, 0) is 22.7 Å². The SMILES string of the molecule is O=C(COCc1nc2ccccc2s1)NCCCn1cnc2ccccc21. The smallest absolute Gasteiger partial charge is 0.246 e. The molecule has 4 rings (SSSR count). The number of para-hydroxylation sites is 3. The number of ether oxygens (including phenoxy) is 1. The fraction of sp³-hybridized carbons (Fsp3) is 0.250. The number of thiazole rings is 1. The number of rotatable bonds is 8.